The smallest absolute Gasteiger partial charge is 0.234 e. The van der Waals surface area contributed by atoms with Crippen molar-refractivity contribution in [2.75, 3.05) is 0 Å². The molecular weight excluding hydrogens is 264 g/mol. The molecule has 0 bridgehead atoms. The molecule has 0 spiro atoms. The van der Waals surface area contributed by atoms with E-state index in [9.17, 15) is 14.7 Å². The van der Waals surface area contributed by atoms with E-state index in [2.05, 4.69) is 6.92 Å². The molecule has 21 heavy (non-hydrogen) atoms. The highest BCUT2D eigenvalue weighted by atomic mass is 16.3. The first kappa shape index (κ1) is 15.5. The van der Waals surface area contributed by atoms with Crippen LogP contribution in [0.1, 0.15) is 67.8 Å². The molecule has 0 saturated carbocycles. The van der Waals surface area contributed by atoms with Gasteiger partial charge in [-0.2, -0.15) is 0 Å². The van der Waals surface area contributed by atoms with Crippen LogP contribution in [-0.4, -0.2) is 16.7 Å². The van der Waals surface area contributed by atoms with Crippen LogP contribution in [0.25, 0.3) is 5.76 Å². The van der Waals surface area contributed by atoms with E-state index in [4.69, 9.17) is 0 Å². The Morgan fingerprint density at radius 1 is 0.857 bits per heavy atom. The minimum absolute atomic E-state index is 0.0104. The number of benzene rings is 1. The van der Waals surface area contributed by atoms with Crippen LogP contribution in [0, 0.1) is 0 Å². The average molecular weight is 286 g/mol. The summed E-state index contributed by atoms with van der Waals surface area (Å²) in [5, 5.41) is 10.3. The summed E-state index contributed by atoms with van der Waals surface area (Å²) in [6, 6.07) is 6.75. The van der Waals surface area contributed by atoms with Crippen molar-refractivity contribution in [3.63, 3.8) is 0 Å². The number of aliphatic hydroxyl groups is 1. The third-order valence-electron chi connectivity index (χ3n) is 3.97. The fourth-order valence-electron chi connectivity index (χ4n) is 2.73. The Bertz CT molecular complexity index is 570. The van der Waals surface area contributed by atoms with Crippen LogP contribution in [-0.2, 0) is 4.79 Å². The van der Waals surface area contributed by atoms with Gasteiger partial charge in [0.2, 0.25) is 11.6 Å². The zero-order valence-corrected chi connectivity index (χ0v) is 12.5. The lowest BCUT2D eigenvalue weighted by atomic mass is 9.86. The Morgan fingerprint density at radius 2 is 1.48 bits per heavy atom. The van der Waals surface area contributed by atoms with Gasteiger partial charge in [-0.05, 0) is 12.8 Å². The molecule has 0 aliphatic heterocycles. The van der Waals surface area contributed by atoms with Crippen molar-refractivity contribution in [3.8, 4) is 0 Å². The lowest BCUT2D eigenvalue weighted by Gasteiger charge is -2.17. The highest BCUT2D eigenvalue weighted by molar-refractivity contribution is 6.52. The molecule has 2 rings (SSSR count). The highest BCUT2D eigenvalue weighted by Gasteiger charge is 2.31. The standard InChI is InChI=1S/C18H22O3/c1-2-3-4-5-6-7-12-15-16(19)13-10-8-9-11-14(13)17(20)18(15)21/h8-11,19H,2-7,12H2,1H3. The first-order valence-electron chi connectivity index (χ1n) is 7.77. The molecule has 3 nitrogen and oxygen atoms in total. The van der Waals surface area contributed by atoms with Gasteiger partial charge in [-0.25, -0.2) is 0 Å². The molecule has 112 valence electrons. The van der Waals surface area contributed by atoms with Crippen molar-refractivity contribution in [1.29, 1.82) is 0 Å². The fraction of sp³-hybridized carbons (Fsp3) is 0.444. The van der Waals surface area contributed by atoms with Crippen LogP contribution in [0.3, 0.4) is 0 Å². The fourth-order valence-corrected chi connectivity index (χ4v) is 2.73. The van der Waals surface area contributed by atoms with Gasteiger partial charge in [0.05, 0.1) is 0 Å². The summed E-state index contributed by atoms with van der Waals surface area (Å²) in [5.74, 6) is -1.05. The molecule has 0 atom stereocenters. The molecule has 0 fully saturated rings. The summed E-state index contributed by atoms with van der Waals surface area (Å²) in [5.41, 5.74) is 1.09. The normalized spacial score (nSPS) is 14.5. The Morgan fingerprint density at radius 3 is 2.19 bits per heavy atom. The molecule has 1 aromatic rings. The van der Waals surface area contributed by atoms with E-state index >= 15 is 0 Å². The Labute approximate surface area is 125 Å². The number of Topliss-reactive ketones (excluding diaryl/α,β-unsaturated/α-hetero) is 2. The Balaban J connectivity index is 2.05. The second kappa shape index (κ2) is 7.21. The molecule has 0 saturated heterocycles. The van der Waals surface area contributed by atoms with Gasteiger partial charge in [0.25, 0.3) is 0 Å². The van der Waals surface area contributed by atoms with E-state index in [1.807, 2.05) is 0 Å². The number of unbranched alkanes of at least 4 members (excludes halogenated alkanes) is 5. The van der Waals surface area contributed by atoms with Crippen molar-refractivity contribution in [3.05, 3.63) is 41.0 Å². The lowest BCUT2D eigenvalue weighted by Crippen LogP contribution is -2.24. The largest absolute Gasteiger partial charge is 0.507 e. The third-order valence-corrected chi connectivity index (χ3v) is 3.97. The van der Waals surface area contributed by atoms with Crippen LogP contribution >= 0.6 is 0 Å². The van der Waals surface area contributed by atoms with E-state index in [0.717, 1.165) is 19.3 Å². The van der Waals surface area contributed by atoms with Gasteiger partial charge in [-0.1, -0.05) is 63.3 Å². The number of rotatable bonds is 7. The van der Waals surface area contributed by atoms with Crippen LogP contribution in [0.4, 0.5) is 0 Å². The van der Waals surface area contributed by atoms with Crippen molar-refractivity contribution < 1.29 is 14.7 Å². The summed E-state index contributed by atoms with van der Waals surface area (Å²) in [4.78, 5) is 24.1. The van der Waals surface area contributed by atoms with E-state index in [0.29, 0.717) is 17.5 Å². The summed E-state index contributed by atoms with van der Waals surface area (Å²) in [7, 11) is 0. The molecule has 0 unspecified atom stereocenters. The summed E-state index contributed by atoms with van der Waals surface area (Å²) in [6.07, 6.45) is 7.13. The second-order valence-corrected chi connectivity index (χ2v) is 5.55. The maximum Gasteiger partial charge on any atom is 0.234 e. The molecule has 0 radical (unpaired) electrons. The predicted octanol–water partition coefficient (Wildman–Crippen LogP) is 4.47. The molecule has 1 N–H and O–H groups in total. The summed E-state index contributed by atoms with van der Waals surface area (Å²) in [6.45, 7) is 2.17. The quantitative estimate of drug-likeness (QED) is 0.594. The molecule has 0 heterocycles. The number of fused-ring (bicyclic) bond motifs is 1. The molecule has 0 amide bonds. The molecule has 1 aliphatic rings. The maximum absolute atomic E-state index is 12.1. The van der Waals surface area contributed by atoms with Gasteiger partial charge >= 0.3 is 0 Å². The van der Waals surface area contributed by atoms with Gasteiger partial charge < -0.3 is 5.11 Å². The first-order chi connectivity index (χ1) is 10.2. The van der Waals surface area contributed by atoms with Gasteiger partial charge in [0.1, 0.15) is 5.76 Å². The van der Waals surface area contributed by atoms with Crippen molar-refractivity contribution in [1.82, 2.24) is 0 Å². The monoisotopic (exact) mass is 286 g/mol. The number of carbonyl (C=O) groups is 2. The third kappa shape index (κ3) is 3.41. The first-order valence-corrected chi connectivity index (χ1v) is 7.77. The van der Waals surface area contributed by atoms with Crippen LogP contribution in [0.2, 0.25) is 0 Å². The van der Waals surface area contributed by atoms with Crippen LogP contribution in [0.15, 0.2) is 29.8 Å². The molecule has 1 aromatic carbocycles. The molecule has 1 aliphatic carbocycles. The molecule has 3 heteroatoms. The number of hydrogen-bond acceptors (Lipinski definition) is 3. The highest BCUT2D eigenvalue weighted by Crippen LogP contribution is 2.30. The zero-order chi connectivity index (χ0) is 15.2. The number of ketones is 2. The van der Waals surface area contributed by atoms with Crippen LogP contribution < -0.4 is 0 Å². The minimum Gasteiger partial charge on any atom is -0.507 e. The van der Waals surface area contributed by atoms with Gasteiger partial charge in [-0.15, -0.1) is 0 Å². The van der Waals surface area contributed by atoms with Gasteiger partial charge in [-0.3, -0.25) is 9.59 Å². The average Bonchev–Trinajstić information content (AvgIpc) is 2.51. The number of aliphatic hydroxyl groups excluding tert-OH is 1. The Kier molecular flexibility index (Phi) is 5.32. The minimum atomic E-state index is -0.542. The van der Waals surface area contributed by atoms with Crippen molar-refractivity contribution in [2.24, 2.45) is 0 Å². The summed E-state index contributed by atoms with van der Waals surface area (Å²) < 4.78 is 0. The second-order valence-electron chi connectivity index (χ2n) is 5.55. The number of allylic oxidation sites excluding steroid dienone is 1. The Hall–Kier alpha value is -1.90. The SMILES string of the molecule is CCCCCCCCC1=C(O)c2ccccc2C(=O)C1=O. The van der Waals surface area contributed by atoms with E-state index < -0.39 is 11.6 Å². The van der Waals surface area contributed by atoms with Crippen molar-refractivity contribution >= 4 is 17.3 Å². The number of hydrogen-bond donors (Lipinski definition) is 1. The molecular formula is C18H22O3. The maximum atomic E-state index is 12.1. The van der Waals surface area contributed by atoms with E-state index in [1.165, 1.54) is 19.3 Å². The summed E-state index contributed by atoms with van der Waals surface area (Å²) >= 11 is 0. The van der Waals surface area contributed by atoms with E-state index in [-0.39, 0.29) is 11.3 Å². The number of carbonyl (C=O) groups excluding carboxylic acids is 2. The lowest BCUT2D eigenvalue weighted by molar-refractivity contribution is -0.112. The molecule has 0 aromatic heterocycles. The predicted molar refractivity (Wildman–Crippen MR) is 83.3 cm³/mol. The van der Waals surface area contributed by atoms with Crippen LogP contribution in [0.5, 0.6) is 0 Å². The van der Waals surface area contributed by atoms with Gasteiger partial charge in [0, 0.05) is 16.7 Å². The van der Waals surface area contributed by atoms with Gasteiger partial charge in [0.15, 0.2) is 0 Å². The van der Waals surface area contributed by atoms with Crippen molar-refractivity contribution in [2.45, 2.75) is 51.9 Å². The van der Waals surface area contributed by atoms with E-state index in [1.54, 1.807) is 24.3 Å². The zero-order valence-electron chi connectivity index (χ0n) is 12.5. The topological polar surface area (TPSA) is 54.4 Å².